The van der Waals surface area contributed by atoms with Crippen molar-refractivity contribution in [1.29, 1.82) is 0 Å². The van der Waals surface area contributed by atoms with Crippen LogP contribution in [0.4, 0.5) is 13.2 Å². The van der Waals surface area contributed by atoms with Crippen LogP contribution in [-0.4, -0.2) is 46.9 Å². The molecule has 0 spiro atoms. The van der Waals surface area contributed by atoms with Crippen LogP contribution in [-0.2, 0) is 11.0 Å². The number of alkyl halides is 3. The normalized spacial score (nSPS) is 16.3. The average molecular weight is 474 g/mol. The van der Waals surface area contributed by atoms with Gasteiger partial charge < -0.3 is 19.4 Å². The Morgan fingerprint density at radius 2 is 1.85 bits per heavy atom. The molecule has 0 bridgehead atoms. The zero-order valence-electron chi connectivity index (χ0n) is 17.9. The van der Waals surface area contributed by atoms with Crippen molar-refractivity contribution in [2.24, 2.45) is 0 Å². The topological polar surface area (TPSA) is 81.1 Å². The van der Waals surface area contributed by atoms with Crippen LogP contribution in [0.1, 0.15) is 12.0 Å². The molecule has 0 saturated carbocycles. The Bertz CT molecular complexity index is 1120. The third-order valence-corrected chi connectivity index (χ3v) is 5.09. The third-order valence-electron chi connectivity index (χ3n) is 5.09. The highest BCUT2D eigenvalue weighted by atomic mass is 19.4. The number of carboxylic acid groups (broad SMARTS) is 1. The van der Waals surface area contributed by atoms with Gasteiger partial charge in [0.1, 0.15) is 6.10 Å². The lowest BCUT2D eigenvalue weighted by molar-refractivity contribution is -0.139. The third kappa shape index (κ3) is 5.96. The number of benzene rings is 2. The van der Waals surface area contributed by atoms with E-state index >= 15 is 0 Å². The van der Waals surface area contributed by atoms with Gasteiger partial charge in [-0.2, -0.15) is 13.2 Å². The summed E-state index contributed by atoms with van der Waals surface area (Å²) in [5, 5.41) is 10.6. The molecular formula is C24H21F3N2O5. The van der Waals surface area contributed by atoms with Crippen LogP contribution >= 0.6 is 0 Å². The van der Waals surface area contributed by atoms with E-state index in [2.05, 4.69) is 4.98 Å². The summed E-state index contributed by atoms with van der Waals surface area (Å²) in [6, 6.07) is 16.9. The Morgan fingerprint density at radius 3 is 2.53 bits per heavy atom. The number of aromatic nitrogens is 1. The predicted molar refractivity (Wildman–Crippen MR) is 115 cm³/mol. The average Bonchev–Trinajstić information content (AvgIpc) is 3.25. The fraction of sp³-hybridized carbons (Fsp3) is 0.250. The standard InChI is InChI=1S/C24H21F3N2O5/c25-24(26,27)18-7-9-22(28-13-18)33-19-10-11-29(14-19)34-20-8-6-17(16-4-2-1-3-5-16)12-21(20)32-15-23(30)31/h1-9,12-13,19H,10-11,14-15H2,(H,30,31). The molecule has 0 radical (unpaired) electrons. The molecule has 1 unspecified atom stereocenters. The molecule has 10 heteroatoms. The van der Waals surface area contributed by atoms with Crippen LogP contribution in [0, 0.1) is 0 Å². The van der Waals surface area contributed by atoms with Gasteiger partial charge in [-0.1, -0.05) is 36.4 Å². The highest BCUT2D eigenvalue weighted by molar-refractivity contribution is 5.70. The van der Waals surface area contributed by atoms with Crippen LogP contribution in [0.2, 0.25) is 0 Å². The van der Waals surface area contributed by atoms with Crippen molar-refractivity contribution < 1.29 is 37.4 Å². The SMILES string of the molecule is O=C(O)COc1cc(-c2ccccc2)ccc1ON1CCC(Oc2ccc(C(F)(F)F)cn2)C1. The second kappa shape index (κ2) is 10.0. The number of pyridine rings is 1. The molecule has 0 aliphatic carbocycles. The smallest absolute Gasteiger partial charge is 0.417 e. The molecule has 1 N–H and O–H groups in total. The molecule has 1 fully saturated rings. The highest BCUT2D eigenvalue weighted by Crippen LogP contribution is 2.34. The largest absolute Gasteiger partial charge is 0.479 e. The summed E-state index contributed by atoms with van der Waals surface area (Å²) in [5.74, 6) is -0.404. The van der Waals surface area contributed by atoms with Gasteiger partial charge in [0.05, 0.1) is 12.1 Å². The highest BCUT2D eigenvalue weighted by Gasteiger charge is 2.31. The number of carboxylic acids is 1. The monoisotopic (exact) mass is 474 g/mol. The van der Waals surface area contributed by atoms with Gasteiger partial charge >= 0.3 is 12.1 Å². The van der Waals surface area contributed by atoms with Gasteiger partial charge in [-0.3, -0.25) is 0 Å². The minimum absolute atomic E-state index is 0.0949. The van der Waals surface area contributed by atoms with Crippen molar-refractivity contribution >= 4 is 5.97 Å². The van der Waals surface area contributed by atoms with E-state index in [1.807, 2.05) is 36.4 Å². The van der Waals surface area contributed by atoms with E-state index < -0.39 is 24.3 Å². The predicted octanol–water partition coefficient (Wildman–Crippen LogP) is 4.68. The van der Waals surface area contributed by atoms with Crippen molar-refractivity contribution in [3.8, 4) is 28.5 Å². The maximum Gasteiger partial charge on any atom is 0.417 e. The first-order chi connectivity index (χ1) is 16.3. The molecule has 0 amide bonds. The molecule has 4 rings (SSSR count). The molecule has 34 heavy (non-hydrogen) atoms. The van der Waals surface area contributed by atoms with Crippen molar-refractivity contribution in [1.82, 2.24) is 10.0 Å². The quantitative estimate of drug-likeness (QED) is 0.508. The van der Waals surface area contributed by atoms with Gasteiger partial charge in [-0.15, -0.1) is 5.06 Å². The number of hydroxylamine groups is 2. The molecule has 1 aromatic heterocycles. The van der Waals surface area contributed by atoms with Crippen molar-refractivity contribution in [2.45, 2.75) is 18.7 Å². The van der Waals surface area contributed by atoms with E-state index in [4.69, 9.17) is 19.4 Å². The second-order valence-electron chi connectivity index (χ2n) is 7.60. The van der Waals surface area contributed by atoms with E-state index in [0.29, 0.717) is 25.3 Å². The Labute approximate surface area is 193 Å². The summed E-state index contributed by atoms with van der Waals surface area (Å²) < 4.78 is 49.2. The maximum absolute atomic E-state index is 12.7. The number of hydrogen-bond acceptors (Lipinski definition) is 6. The molecule has 1 saturated heterocycles. The van der Waals surface area contributed by atoms with Crippen LogP contribution in [0.3, 0.4) is 0 Å². The van der Waals surface area contributed by atoms with E-state index in [-0.39, 0.29) is 17.7 Å². The zero-order chi connectivity index (χ0) is 24.1. The minimum atomic E-state index is -4.46. The molecule has 3 aromatic rings. The van der Waals surface area contributed by atoms with Gasteiger partial charge in [0.2, 0.25) is 5.88 Å². The summed E-state index contributed by atoms with van der Waals surface area (Å²) in [5.41, 5.74) is 0.932. The molecule has 2 aromatic carbocycles. The number of halogens is 3. The maximum atomic E-state index is 12.7. The van der Waals surface area contributed by atoms with Crippen molar-refractivity contribution in [3.05, 3.63) is 72.4 Å². The summed E-state index contributed by atoms with van der Waals surface area (Å²) in [7, 11) is 0. The lowest BCUT2D eigenvalue weighted by atomic mass is 10.1. The fourth-order valence-electron chi connectivity index (χ4n) is 3.45. The van der Waals surface area contributed by atoms with Gasteiger partial charge in [-0.05, 0) is 29.3 Å². The number of hydrogen-bond donors (Lipinski definition) is 1. The Morgan fingerprint density at radius 1 is 1.06 bits per heavy atom. The van der Waals surface area contributed by atoms with Crippen LogP contribution in [0.5, 0.6) is 17.4 Å². The van der Waals surface area contributed by atoms with Crippen LogP contribution in [0.25, 0.3) is 11.1 Å². The Kier molecular flexibility index (Phi) is 6.87. The summed E-state index contributed by atoms with van der Waals surface area (Å²) in [4.78, 5) is 20.7. The molecule has 1 aliphatic rings. The second-order valence-corrected chi connectivity index (χ2v) is 7.60. The first-order valence-corrected chi connectivity index (χ1v) is 10.4. The Hall–Kier alpha value is -3.79. The Balaban J connectivity index is 1.42. The number of carbonyl (C=O) groups is 1. The number of rotatable bonds is 8. The molecule has 2 heterocycles. The number of nitrogens with zero attached hydrogens (tertiary/aromatic N) is 2. The van der Waals surface area contributed by atoms with Gasteiger partial charge in [0.25, 0.3) is 0 Å². The minimum Gasteiger partial charge on any atom is -0.479 e. The summed E-state index contributed by atoms with van der Waals surface area (Å²) >= 11 is 0. The molecule has 1 aliphatic heterocycles. The number of ether oxygens (including phenoxy) is 2. The molecular weight excluding hydrogens is 453 g/mol. The van der Waals surface area contributed by atoms with Crippen molar-refractivity contribution in [2.75, 3.05) is 19.7 Å². The van der Waals surface area contributed by atoms with E-state index in [1.165, 1.54) is 6.07 Å². The van der Waals surface area contributed by atoms with E-state index in [0.717, 1.165) is 23.4 Å². The summed E-state index contributed by atoms with van der Waals surface area (Å²) in [6.07, 6.45) is -3.49. The number of aliphatic carboxylic acids is 1. The van der Waals surface area contributed by atoms with Crippen LogP contribution in [0.15, 0.2) is 66.9 Å². The fourth-order valence-corrected chi connectivity index (χ4v) is 3.45. The lowest BCUT2D eigenvalue weighted by Gasteiger charge is -2.20. The molecule has 1 atom stereocenters. The van der Waals surface area contributed by atoms with Gasteiger partial charge in [0, 0.05) is 25.2 Å². The van der Waals surface area contributed by atoms with E-state index in [1.54, 1.807) is 17.2 Å². The zero-order valence-corrected chi connectivity index (χ0v) is 17.9. The van der Waals surface area contributed by atoms with Gasteiger partial charge in [-0.25, -0.2) is 9.78 Å². The summed E-state index contributed by atoms with van der Waals surface area (Å²) in [6.45, 7) is 0.297. The van der Waals surface area contributed by atoms with E-state index in [9.17, 15) is 18.0 Å². The van der Waals surface area contributed by atoms with Gasteiger partial charge in [0.15, 0.2) is 18.1 Å². The van der Waals surface area contributed by atoms with Crippen LogP contribution < -0.4 is 14.3 Å². The lowest BCUT2D eigenvalue weighted by Crippen LogP contribution is -2.28. The molecule has 178 valence electrons. The van der Waals surface area contributed by atoms with Crippen molar-refractivity contribution in [3.63, 3.8) is 0 Å². The first-order valence-electron chi connectivity index (χ1n) is 10.4. The molecule has 7 nitrogen and oxygen atoms in total. The first kappa shape index (κ1) is 23.4.